The van der Waals surface area contributed by atoms with Crippen LogP contribution in [0.5, 0.6) is 0 Å². The average molecular weight is 512 g/mol. The summed E-state index contributed by atoms with van der Waals surface area (Å²) in [6, 6.07) is -0.940. The number of carbonyl (C=O) groups excluding carboxylic acids is 3. The molecule has 0 aromatic carbocycles. The van der Waals surface area contributed by atoms with E-state index < -0.39 is 12.1 Å². The Morgan fingerprint density at radius 2 is 1.69 bits per heavy atom. The molecule has 36 heavy (non-hydrogen) atoms. The molecule has 8 nitrogen and oxygen atoms in total. The number of nitrogens with zero attached hydrogens (tertiary/aromatic N) is 2. The van der Waals surface area contributed by atoms with Crippen LogP contribution in [0.4, 0.5) is 0 Å². The zero-order valence-corrected chi connectivity index (χ0v) is 24.5. The van der Waals surface area contributed by atoms with Gasteiger partial charge >= 0.3 is 5.97 Å². The Hall–Kier alpha value is -1.67. The number of methoxy groups -OCH3 is 1. The van der Waals surface area contributed by atoms with Gasteiger partial charge in [0.2, 0.25) is 11.8 Å². The number of ether oxygens (including phenoxy) is 2. The van der Waals surface area contributed by atoms with E-state index in [2.05, 4.69) is 37.9 Å². The smallest absolute Gasteiger partial charge is 0.308 e. The van der Waals surface area contributed by atoms with E-state index in [1.54, 1.807) is 19.1 Å². The van der Waals surface area contributed by atoms with Gasteiger partial charge in [0, 0.05) is 20.2 Å². The van der Waals surface area contributed by atoms with Crippen molar-refractivity contribution >= 4 is 17.8 Å². The fourth-order valence-electron chi connectivity index (χ4n) is 5.05. The third kappa shape index (κ3) is 9.33. The highest BCUT2D eigenvalue weighted by molar-refractivity contribution is 5.90. The third-order valence-electron chi connectivity index (χ3n) is 7.39. The maximum absolute atomic E-state index is 13.8. The lowest BCUT2D eigenvalue weighted by Crippen LogP contribution is -2.60. The fraction of sp³-hybridized carbons (Fsp3) is 0.893. The van der Waals surface area contributed by atoms with Crippen molar-refractivity contribution in [1.29, 1.82) is 0 Å². The Morgan fingerprint density at radius 3 is 2.19 bits per heavy atom. The van der Waals surface area contributed by atoms with Crippen LogP contribution in [0.2, 0.25) is 0 Å². The number of hydrogen-bond acceptors (Lipinski definition) is 6. The highest BCUT2D eigenvalue weighted by atomic mass is 16.5. The predicted molar refractivity (Wildman–Crippen MR) is 143 cm³/mol. The quantitative estimate of drug-likeness (QED) is 0.356. The van der Waals surface area contributed by atoms with Gasteiger partial charge in [-0.3, -0.25) is 19.3 Å². The highest BCUT2D eigenvalue weighted by Gasteiger charge is 2.39. The first-order valence-corrected chi connectivity index (χ1v) is 13.9. The van der Waals surface area contributed by atoms with Crippen LogP contribution in [0.25, 0.3) is 0 Å². The Labute approximate surface area is 219 Å². The number of nitrogens with one attached hydrogen (secondary N) is 1. The molecule has 8 heteroatoms. The maximum Gasteiger partial charge on any atom is 0.308 e. The molecule has 1 rings (SSSR count). The van der Waals surface area contributed by atoms with Gasteiger partial charge in [-0.05, 0) is 51.0 Å². The summed E-state index contributed by atoms with van der Waals surface area (Å²) in [4.78, 5) is 43.6. The summed E-state index contributed by atoms with van der Waals surface area (Å²) < 4.78 is 11.1. The molecule has 0 saturated carbocycles. The van der Waals surface area contributed by atoms with Gasteiger partial charge in [0.15, 0.2) is 0 Å². The molecule has 2 amide bonds. The van der Waals surface area contributed by atoms with Crippen molar-refractivity contribution in [3.63, 3.8) is 0 Å². The van der Waals surface area contributed by atoms with Gasteiger partial charge in [0.1, 0.15) is 6.04 Å². The second kappa shape index (κ2) is 15.6. The number of rotatable bonds is 14. The third-order valence-corrected chi connectivity index (χ3v) is 7.39. The van der Waals surface area contributed by atoms with Gasteiger partial charge in [-0.2, -0.15) is 0 Å². The fourth-order valence-corrected chi connectivity index (χ4v) is 5.05. The molecule has 5 atom stereocenters. The van der Waals surface area contributed by atoms with Crippen LogP contribution >= 0.6 is 0 Å². The Kier molecular flexibility index (Phi) is 14.0. The molecule has 0 spiro atoms. The molecule has 210 valence electrons. The van der Waals surface area contributed by atoms with Crippen molar-refractivity contribution in [2.24, 2.45) is 17.8 Å². The average Bonchev–Trinajstić information content (AvgIpc) is 2.84. The molecule has 1 saturated heterocycles. The number of carbonyl (C=O) groups is 3. The van der Waals surface area contributed by atoms with Crippen molar-refractivity contribution in [3.05, 3.63) is 0 Å². The molecule has 1 aliphatic rings. The Bertz CT molecular complexity index is 697. The zero-order chi connectivity index (χ0) is 27.6. The van der Waals surface area contributed by atoms with Gasteiger partial charge < -0.3 is 19.7 Å². The summed E-state index contributed by atoms with van der Waals surface area (Å²) in [6.45, 7) is 17.5. The van der Waals surface area contributed by atoms with E-state index in [4.69, 9.17) is 9.47 Å². The lowest BCUT2D eigenvalue weighted by Gasteiger charge is -2.41. The van der Waals surface area contributed by atoms with Gasteiger partial charge in [-0.25, -0.2) is 0 Å². The minimum Gasteiger partial charge on any atom is -0.465 e. The van der Waals surface area contributed by atoms with Crippen LogP contribution in [0, 0.1) is 17.8 Å². The number of likely N-dealkylation sites (N-methyl/N-ethyl adjacent to an activating group) is 1. The van der Waals surface area contributed by atoms with Crippen LogP contribution in [-0.4, -0.2) is 85.2 Å². The molecular formula is C28H53N3O5. The predicted octanol–water partition coefficient (Wildman–Crippen LogP) is 3.87. The monoisotopic (exact) mass is 511 g/mol. The van der Waals surface area contributed by atoms with E-state index in [1.807, 2.05) is 27.7 Å². The van der Waals surface area contributed by atoms with Crippen molar-refractivity contribution in [3.8, 4) is 0 Å². The van der Waals surface area contributed by atoms with Gasteiger partial charge in [-0.1, -0.05) is 54.4 Å². The molecule has 1 aliphatic heterocycles. The molecular weight excluding hydrogens is 458 g/mol. The summed E-state index contributed by atoms with van der Waals surface area (Å²) >= 11 is 0. The van der Waals surface area contributed by atoms with E-state index in [0.29, 0.717) is 6.61 Å². The van der Waals surface area contributed by atoms with Gasteiger partial charge in [0.05, 0.1) is 31.2 Å². The Morgan fingerprint density at radius 1 is 1.06 bits per heavy atom. The first-order valence-electron chi connectivity index (χ1n) is 13.9. The highest BCUT2D eigenvalue weighted by Crippen LogP contribution is 2.24. The lowest BCUT2D eigenvalue weighted by molar-refractivity contribution is -0.152. The second-order valence-corrected chi connectivity index (χ2v) is 11.5. The second-order valence-electron chi connectivity index (χ2n) is 11.5. The number of piperidine rings is 1. The first kappa shape index (κ1) is 32.4. The van der Waals surface area contributed by atoms with E-state index in [1.165, 1.54) is 0 Å². The summed E-state index contributed by atoms with van der Waals surface area (Å²) in [6.07, 6.45) is 3.28. The van der Waals surface area contributed by atoms with Crippen LogP contribution in [0.3, 0.4) is 0 Å². The summed E-state index contributed by atoms with van der Waals surface area (Å²) in [5.74, 6) is -0.326. The molecule has 0 radical (unpaired) electrons. The molecule has 1 fully saturated rings. The SMILES string of the molecule is CC[C@H](C)C([C@@H](CC(=O)OCC(C)C)OC)N(C)C(=O)[C@@H](NC(=O)[C@H]1CCCCN1C(C)C)C(C)C. The molecule has 0 bridgehead atoms. The minimum absolute atomic E-state index is 0.0694. The van der Waals surface area contributed by atoms with Crippen molar-refractivity contribution in [2.45, 2.75) is 118 Å². The minimum atomic E-state index is -0.657. The van der Waals surface area contributed by atoms with Crippen molar-refractivity contribution in [2.75, 3.05) is 27.3 Å². The normalized spacial score (nSPS) is 20.2. The van der Waals surface area contributed by atoms with Gasteiger partial charge in [0.25, 0.3) is 0 Å². The van der Waals surface area contributed by atoms with Crippen LogP contribution in [-0.2, 0) is 23.9 Å². The van der Waals surface area contributed by atoms with E-state index in [-0.39, 0.29) is 60.1 Å². The van der Waals surface area contributed by atoms with E-state index in [0.717, 1.165) is 32.2 Å². The number of esters is 1. The molecule has 1 unspecified atom stereocenters. The number of likely N-dealkylation sites (tertiary alicyclic amines) is 1. The molecule has 1 heterocycles. The summed E-state index contributed by atoms with van der Waals surface area (Å²) in [7, 11) is 3.33. The maximum atomic E-state index is 13.8. The van der Waals surface area contributed by atoms with E-state index >= 15 is 0 Å². The topological polar surface area (TPSA) is 88.2 Å². The van der Waals surface area contributed by atoms with E-state index in [9.17, 15) is 14.4 Å². The first-order chi connectivity index (χ1) is 16.8. The lowest BCUT2D eigenvalue weighted by atomic mass is 9.90. The largest absolute Gasteiger partial charge is 0.465 e. The molecule has 1 N–H and O–H groups in total. The number of amides is 2. The van der Waals surface area contributed by atoms with Gasteiger partial charge in [-0.15, -0.1) is 0 Å². The summed E-state index contributed by atoms with van der Waals surface area (Å²) in [5, 5.41) is 3.09. The molecule has 0 aliphatic carbocycles. The zero-order valence-electron chi connectivity index (χ0n) is 24.5. The molecule has 0 aromatic heterocycles. The van der Waals surface area contributed by atoms with Crippen LogP contribution in [0.15, 0.2) is 0 Å². The molecule has 0 aromatic rings. The van der Waals surface area contributed by atoms with Crippen LogP contribution < -0.4 is 5.32 Å². The Balaban J connectivity index is 3.09. The standard InChI is InChI=1S/C28H53N3O5/c1-11-21(8)26(23(35-10)16-24(32)36-17-18(2)3)30(9)28(34)25(19(4)5)29-27(33)22-14-12-13-15-31(22)20(6)7/h18-23,25-26H,11-17H2,1-10H3,(H,29,33)/t21-,22+,23+,25-,26?/m0/s1. The number of hydrogen-bond donors (Lipinski definition) is 1. The van der Waals surface area contributed by atoms with Crippen LogP contribution in [0.1, 0.15) is 87.5 Å². The van der Waals surface area contributed by atoms with Crippen molar-refractivity contribution < 1.29 is 23.9 Å². The summed E-state index contributed by atoms with van der Waals surface area (Å²) in [5.41, 5.74) is 0. The van der Waals surface area contributed by atoms with Crippen molar-refractivity contribution in [1.82, 2.24) is 15.1 Å².